The van der Waals surface area contributed by atoms with E-state index in [9.17, 15) is 21.6 Å². The highest BCUT2D eigenvalue weighted by atomic mass is 35.5. The lowest BCUT2D eigenvalue weighted by Gasteiger charge is -2.32. The van der Waals surface area contributed by atoms with E-state index in [-0.39, 0.29) is 10.7 Å². The molecule has 1 saturated heterocycles. The summed E-state index contributed by atoms with van der Waals surface area (Å²) < 4.78 is 47.2. The molecular weight excluding hydrogens is 468 g/mol. The van der Waals surface area contributed by atoms with Gasteiger partial charge in [0.05, 0.1) is 16.4 Å². The number of piperidine rings is 1. The second kappa shape index (κ2) is 8.67. The molecule has 14 heteroatoms. The molecule has 1 aliphatic rings. The molecule has 1 aromatic carbocycles. The Morgan fingerprint density at radius 1 is 1.06 bits per heavy atom. The first-order valence-corrected chi connectivity index (χ1v) is 12.6. The van der Waals surface area contributed by atoms with E-state index in [0.717, 1.165) is 17.8 Å². The Balaban J connectivity index is 1.77. The van der Waals surface area contributed by atoms with Gasteiger partial charge in [0.25, 0.3) is 0 Å². The number of aryl methyl sites for hydroxylation is 1. The number of amides is 1. The van der Waals surface area contributed by atoms with Crippen LogP contribution in [-0.2, 0) is 24.8 Å². The Hall–Kier alpha value is -2.32. The van der Waals surface area contributed by atoms with Gasteiger partial charge in [-0.1, -0.05) is 11.6 Å². The summed E-state index contributed by atoms with van der Waals surface area (Å²) in [4.78, 5) is 13.5. The van der Waals surface area contributed by atoms with Gasteiger partial charge < -0.3 is 10.2 Å². The van der Waals surface area contributed by atoms with Crippen LogP contribution in [0, 0.1) is 12.8 Å². The van der Waals surface area contributed by atoms with Crippen molar-refractivity contribution in [2.24, 2.45) is 16.2 Å². The number of halogens is 1. The molecule has 0 aliphatic carbocycles. The van der Waals surface area contributed by atoms with Gasteiger partial charge in [0.1, 0.15) is 9.79 Å². The van der Waals surface area contributed by atoms with E-state index in [2.05, 4.69) is 15.5 Å². The Morgan fingerprint density at radius 3 is 2.19 bits per heavy atom. The van der Waals surface area contributed by atoms with Crippen LogP contribution in [-0.4, -0.2) is 46.0 Å². The molecule has 2 aromatic rings. The Kier molecular flexibility index (Phi) is 6.53. The summed E-state index contributed by atoms with van der Waals surface area (Å²) in [5.74, 6) is -0.120. The smallest absolute Gasteiger partial charge is 0.240 e. The number of rotatable bonds is 5. The largest absolute Gasteiger partial charge is 0.355 e. The second-order valence-corrected chi connectivity index (χ2v) is 10.6. The number of primary sulfonamides is 2. The first-order valence-electron chi connectivity index (χ1n) is 9.11. The van der Waals surface area contributed by atoms with Gasteiger partial charge in [-0.2, -0.15) is 5.10 Å². The van der Waals surface area contributed by atoms with Gasteiger partial charge in [0.2, 0.25) is 26.0 Å². The molecular formula is C17H21ClN6O5S2. The molecule has 0 atom stereocenters. The van der Waals surface area contributed by atoms with E-state index in [4.69, 9.17) is 21.9 Å². The molecule has 31 heavy (non-hydrogen) atoms. The molecule has 3 rings (SSSR count). The number of anilines is 2. The lowest BCUT2D eigenvalue weighted by atomic mass is 9.96. The Morgan fingerprint density at radius 2 is 1.68 bits per heavy atom. The van der Waals surface area contributed by atoms with Crippen molar-refractivity contribution in [1.29, 1.82) is 0 Å². The minimum Gasteiger partial charge on any atom is -0.355 e. The summed E-state index contributed by atoms with van der Waals surface area (Å²) in [6.45, 7) is 2.96. The van der Waals surface area contributed by atoms with Gasteiger partial charge in [0.15, 0.2) is 5.82 Å². The van der Waals surface area contributed by atoms with Crippen LogP contribution in [0.2, 0.25) is 5.02 Å². The Bertz CT molecular complexity index is 1210. The van der Waals surface area contributed by atoms with E-state index in [1.165, 1.54) is 0 Å². The van der Waals surface area contributed by atoms with Crippen molar-refractivity contribution in [3.8, 4) is 0 Å². The maximum atomic E-state index is 12.7. The molecule has 2 heterocycles. The van der Waals surface area contributed by atoms with Crippen LogP contribution in [0.4, 0.5) is 11.5 Å². The van der Waals surface area contributed by atoms with E-state index in [1.54, 1.807) is 0 Å². The van der Waals surface area contributed by atoms with Crippen molar-refractivity contribution < 1.29 is 21.6 Å². The summed E-state index contributed by atoms with van der Waals surface area (Å²) in [6.07, 6.45) is 0.990. The number of carbonyl (C=O) groups is 1. The minimum atomic E-state index is -4.37. The van der Waals surface area contributed by atoms with Crippen molar-refractivity contribution in [1.82, 2.24) is 10.2 Å². The molecule has 1 amide bonds. The molecule has 1 aliphatic heterocycles. The number of carbonyl (C=O) groups excluding carboxylic acids is 1. The summed E-state index contributed by atoms with van der Waals surface area (Å²) in [5, 5.41) is 20.6. The summed E-state index contributed by atoms with van der Waals surface area (Å²) >= 11 is 5.94. The molecule has 168 valence electrons. The molecule has 0 radical (unpaired) electrons. The Labute approximate surface area is 184 Å². The lowest BCUT2D eigenvalue weighted by Crippen LogP contribution is -2.38. The quantitative estimate of drug-likeness (QED) is 0.546. The van der Waals surface area contributed by atoms with Crippen LogP contribution in [0.15, 0.2) is 34.1 Å². The van der Waals surface area contributed by atoms with Crippen molar-refractivity contribution in [3.05, 3.63) is 35.0 Å². The molecule has 1 fully saturated rings. The van der Waals surface area contributed by atoms with Gasteiger partial charge in [-0.25, -0.2) is 27.1 Å². The van der Waals surface area contributed by atoms with Gasteiger partial charge in [-0.05, 0) is 44.0 Å². The zero-order chi connectivity index (χ0) is 23.0. The highest BCUT2D eigenvalue weighted by Crippen LogP contribution is 2.31. The van der Waals surface area contributed by atoms with Gasteiger partial charge in [-0.3, -0.25) is 4.79 Å². The number of hydrogen-bond acceptors (Lipinski definition) is 8. The number of nitrogens with two attached hydrogens (primary N) is 2. The highest BCUT2D eigenvalue weighted by Gasteiger charge is 2.28. The zero-order valence-corrected chi connectivity index (χ0v) is 18.8. The fraction of sp³-hybridized carbons (Fsp3) is 0.353. The van der Waals surface area contributed by atoms with Crippen molar-refractivity contribution >= 4 is 49.1 Å². The SMILES string of the molecule is Cc1ccc(N2CCC(C(=O)Nc3cc(Cl)c(S(N)(=O)=O)cc3S(N)(=O)=O)CC2)nn1. The summed E-state index contributed by atoms with van der Waals surface area (Å²) in [5.41, 5.74) is 0.590. The van der Waals surface area contributed by atoms with Gasteiger partial charge in [0, 0.05) is 19.0 Å². The molecule has 0 spiro atoms. The number of aromatic nitrogens is 2. The normalized spacial score (nSPS) is 15.7. The molecule has 11 nitrogen and oxygen atoms in total. The van der Waals surface area contributed by atoms with Crippen LogP contribution in [0.5, 0.6) is 0 Å². The van der Waals surface area contributed by atoms with E-state index >= 15 is 0 Å². The number of sulfonamides is 2. The number of hydrogen-bond donors (Lipinski definition) is 3. The van der Waals surface area contributed by atoms with Crippen LogP contribution in [0.1, 0.15) is 18.5 Å². The fourth-order valence-electron chi connectivity index (χ4n) is 3.25. The summed E-state index contributed by atoms with van der Waals surface area (Å²) in [6, 6.07) is 5.46. The summed E-state index contributed by atoms with van der Waals surface area (Å²) in [7, 11) is -8.67. The van der Waals surface area contributed by atoms with Gasteiger partial charge >= 0.3 is 0 Å². The number of benzene rings is 1. The van der Waals surface area contributed by atoms with Crippen molar-refractivity contribution in [3.63, 3.8) is 0 Å². The van der Waals surface area contributed by atoms with Crippen molar-refractivity contribution in [2.45, 2.75) is 29.6 Å². The zero-order valence-electron chi connectivity index (χ0n) is 16.4. The van der Waals surface area contributed by atoms with Crippen LogP contribution in [0.25, 0.3) is 0 Å². The van der Waals surface area contributed by atoms with E-state index in [0.29, 0.717) is 31.7 Å². The maximum Gasteiger partial charge on any atom is 0.240 e. The average Bonchev–Trinajstić information content (AvgIpc) is 2.67. The third-order valence-electron chi connectivity index (χ3n) is 4.88. The van der Waals surface area contributed by atoms with Crippen molar-refractivity contribution in [2.75, 3.05) is 23.3 Å². The number of nitrogens with zero attached hydrogens (tertiary/aromatic N) is 3. The standard InChI is InChI=1S/C17H21ClN6O5S2/c1-10-2-3-16(23-22-10)24-6-4-11(5-7-24)17(25)21-13-8-12(18)14(30(19,26)27)9-15(13)31(20,28)29/h2-3,8-9,11H,4-7H2,1H3,(H,21,25)(H2,19,26,27)(H2,20,28,29). The molecule has 5 N–H and O–H groups in total. The predicted molar refractivity (Wildman–Crippen MR) is 115 cm³/mol. The molecule has 0 bridgehead atoms. The van der Waals surface area contributed by atoms with Crippen LogP contribution in [0.3, 0.4) is 0 Å². The first-order chi connectivity index (χ1) is 14.4. The predicted octanol–water partition coefficient (Wildman–Crippen LogP) is 0.588. The van der Waals surface area contributed by atoms with Crippen LogP contribution >= 0.6 is 11.6 Å². The monoisotopic (exact) mass is 488 g/mol. The molecule has 1 aromatic heterocycles. The number of nitrogens with one attached hydrogen (secondary N) is 1. The lowest BCUT2D eigenvalue weighted by molar-refractivity contribution is -0.120. The topological polar surface area (TPSA) is 178 Å². The fourth-order valence-corrected chi connectivity index (χ4v) is 5.12. The van der Waals surface area contributed by atoms with E-state index in [1.807, 2.05) is 24.0 Å². The third kappa shape index (κ3) is 5.49. The first kappa shape index (κ1) is 23.3. The minimum absolute atomic E-state index is 0.211. The molecule has 0 saturated carbocycles. The average molecular weight is 489 g/mol. The van der Waals surface area contributed by atoms with Crippen LogP contribution < -0.4 is 20.5 Å². The third-order valence-corrected chi connectivity index (χ3v) is 7.20. The maximum absolute atomic E-state index is 12.7. The molecule has 0 unspecified atom stereocenters. The highest BCUT2D eigenvalue weighted by molar-refractivity contribution is 7.90. The second-order valence-electron chi connectivity index (χ2n) is 7.15. The van der Waals surface area contributed by atoms with E-state index < -0.39 is 41.7 Å². The van der Waals surface area contributed by atoms with Gasteiger partial charge in [-0.15, -0.1) is 5.10 Å².